The molecule has 2 bridgehead atoms. The number of rotatable bonds is 8. The van der Waals surface area contributed by atoms with Crippen molar-refractivity contribution in [2.75, 3.05) is 25.5 Å². The van der Waals surface area contributed by atoms with E-state index < -0.39 is 47.3 Å². The third kappa shape index (κ3) is 4.48. The Morgan fingerprint density at radius 3 is 2.34 bits per heavy atom. The Hall–Kier alpha value is -2.95. The minimum Gasteiger partial charge on any atom is -0.381 e. The van der Waals surface area contributed by atoms with Gasteiger partial charge in [-0.15, -0.1) is 0 Å². The normalized spacial score (nSPS) is 25.0. The van der Waals surface area contributed by atoms with Crippen molar-refractivity contribution in [2.45, 2.75) is 63.1 Å². The minimum atomic E-state index is -3.02. The van der Waals surface area contributed by atoms with Gasteiger partial charge in [0.15, 0.2) is 0 Å². The summed E-state index contributed by atoms with van der Waals surface area (Å²) < 4.78 is 70.3. The molecule has 38 heavy (non-hydrogen) atoms. The molecule has 0 spiro atoms. The maximum Gasteiger partial charge on any atom is 0.266 e. The number of carbonyl (C=O) groups excluding carboxylic acids is 1. The van der Waals surface area contributed by atoms with Crippen LogP contribution in [0.3, 0.4) is 0 Å². The van der Waals surface area contributed by atoms with Crippen LogP contribution in [0.4, 0.5) is 27.6 Å². The Morgan fingerprint density at radius 1 is 1.11 bits per heavy atom. The number of anilines is 1. The Balaban J connectivity index is 1.48. The first kappa shape index (κ1) is 26.6. The molecular weight excluding hydrogens is 507 g/mol. The number of nitrogens with one attached hydrogen (secondary N) is 2. The van der Waals surface area contributed by atoms with E-state index in [2.05, 4.69) is 15.5 Å². The van der Waals surface area contributed by atoms with Gasteiger partial charge in [0, 0.05) is 37.0 Å². The molecular formula is C27H31F5N4O2. The van der Waals surface area contributed by atoms with Gasteiger partial charge in [0.1, 0.15) is 11.4 Å². The second kappa shape index (κ2) is 9.98. The standard InChI is InChI=1S/C27H31F5N4O2/c1-14(17-5-3-6-18(22(17)28)24(29)30)33-25(38)19-13-36(27(26(31)32)7-4-8-27)21(37)10-20(19)34-23-15-9-16(23)12-35(2)11-15/h3,5-6,10,13-16,23-24,26,34H,4,7-9,11-12H2,1-2H3,(H,33,38)/t14?,15-,16+,23+. The number of amides is 1. The summed E-state index contributed by atoms with van der Waals surface area (Å²) in [4.78, 5) is 28.8. The van der Waals surface area contributed by atoms with E-state index in [9.17, 15) is 31.5 Å². The molecule has 2 N–H and O–H groups in total. The molecule has 2 saturated carbocycles. The smallest absolute Gasteiger partial charge is 0.266 e. The number of hydrogen-bond donors (Lipinski definition) is 2. The molecule has 6 nitrogen and oxygen atoms in total. The highest BCUT2D eigenvalue weighted by molar-refractivity contribution is 5.99. The number of fused-ring (bicyclic) bond motifs is 2. The van der Waals surface area contributed by atoms with Crippen LogP contribution in [-0.2, 0) is 5.54 Å². The predicted molar refractivity (Wildman–Crippen MR) is 132 cm³/mol. The van der Waals surface area contributed by atoms with Crippen LogP contribution in [0.25, 0.3) is 0 Å². The lowest BCUT2D eigenvalue weighted by atomic mass is 9.66. The van der Waals surface area contributed by atoms with Crippen LogP contribution < -0.4 is 16.2 Å². The minimum absolute atomic E-state index is 0.0212. The second-order valence-electron chi connectivity index (χ2n) is 11.0. The summed E-state index contributed by atoms with van der Waals surface area (Å²) >= 11 is 0. The van der Waals surface area contributed by atoms with Gasteiger partial charge >= 0.3 is 0 Å². The highest BCUT2D eigenvalue weighted by atomic mass is 19.3. The summed E-state index contributed by atoms with van der Waals surface area (Å²) in [6.45, 7) is 3.17. The number of aromatic nitrogens is 1. The van der Waals surface area contributed by atoms with Crippen molar-refractivity contribution in [3.8, 4) is 0 Å². The number of alkyl halides is 4. The zero-order valence-corrected chi connectivity index (χ0v) is 21.2. The van der Waals surface area contributed by atoms with Gasteiger partial charge in [-0.05, 0) is 51.5 Å². The van der Waals surface area contributed by atoms with Crippen LogP contribution >= 0.6 is 0 Å². The average molecular weight is 539 g/mol. The molecule has 4 atom stereocenters. The fourth-order valence-electron chi connectivity index (χ4n) is 6.25. The number of nitrogens with zero attached hydrogens (tertiary/aromatic N) is 2. The molecule has 1 aliphatic heterocycles. The first-order valence-electron chi connectivity index (χ1n) is 12.9. The maximum atomic E-state index is 14.7. The Bertz CT molecular complexity index is 1270. The number of benzene rings is 1. The van der Waals surface area contributed by atoms with Crippen LogP contribution in [0.1, 0.15) is 66.6 Å². The van der Waals surface area contributed by atoms with Crippen molar-refractivity contribution < 1.29 is 26.7 Å². The molecule has 1 unspecified atom stereocenters. The van der Waals surface area contributed by atoms with Crippen molar-refractivity contribution in [3.05, 3.63) is 63.3 Å². The summed E-state index contributed by atoms with van der Waals surface area (Å²) in [5.74, 6) is -1.19. The number of likely N-dealkylation sites (tertiary alicyclic amines) is 1. The van der Waals surface area contributed by atoms with Gasteiger partial charge < -0.3 is 20.1 Å². The van der Waals surface area contributed by atoms with Crippen molar-refractivity contribution in [1.29, 1.82) is 0 Å². The largest absolute Gasteiger partial charge is 0.381 e. The summed E-state index contributed by atoms with van der Waals surface area (Å²) in [6.07, 6.45) is -2.87. The molecule has 0 radical (unpaired) electrons. The molecule has 2 aliphatic carbocycles. The van der Waals surface area contributed by atoms with Crippen LogP contribution in [-0.4, -0.2) is 48.0 Å². The van der Waals surface area contributed by atoms with Gasteiger partial charge in [0.2, 0.25) is 0 Å². The monoisotopic (exact) mass is 538 g/mol. The van der Waals surface area contributed by atoms with Gasteiger partial charge in [0.05, 0.1) is 22.9 Å². The van der Waals surface area contributed by atoms with E-state index in [1.54, 1.807) is 0 Å². The quantitative estimate of drug-likeness (QED) is 0.469. The lowest BCUT2D eigenvalue weighted by molar-refractivity contribution is -0.0504. The van der Waals surface area contributed by atoms with Gasteiger partial charge in [-0.1, -0.05) is 18.2 Å². The fraction of sp³-hybridized carbons (Fsp3) is 0.556. The number of hydrogen-bond acceptors (Lipinski definition) is 4. The number of carbonyl (C=O) groups is 1. The zero-order chi connectivity index (χ0) is 27.4. The van der Waals surface area contributed by atoms with Gasteiger partial charge in [-0.2, -0.15) is 0 Å². The van der Waals surface area contributed by atoms with E-state index in [4.69, 9.17) is 0 Å². The predicted octanol–water partition coefficient (Wildman–Crippen LogP) is 4.92. The molecule has 2 aromatic rings. The summed E-state index contributed by atoms with van der Waals surface area (Å²) in [6, 6.07) is 3.78. The third-order valence-electron chi connectivity index (χ3n) is 8.55. The Morgan fingerprint density at radius 2 is 1.76 bits per heavy atom. The maximum absolute atomic E-state index is 14.7. The first-order chi connectivity index (χ1) is 18.0. The van der Waals surface area contributed by atoms with E-state index in [0.717, 1.165) is 30.1 Å². The second-order valence-corrected chi connectivity index (χ2v) is 11.0. The molecule has 3 aliphatic rings. The molecule has 11 heteroatoms. The number of piperidine rings is 2. The summed E-state index contributed by atoms with van der Waals surface area (Å²) in [5, 5.41) is 5.94. The van der Waals surface area contributed by atoms with E-state index in [-0.39, 0.29) is 35.7 Å². The molecule has 1 amide bonds. The molecule has 206 valence electrons. The van der Waals surface area contributed by atoms with Gasteiger partial charge in [-0.25, -0.2) is 22.0 Å². The highest BCUT2D eigenvalue weighted by Gasteiger charge is 2.49. The SMILES string of the molecule is CC(NC(=O)c1cn(C2(C(F)F)CCC2)c(=O)cc1N[C@H]1[C@@H]2C[C@H]1CN(C)C2)c1cccc(C(F)F)c1F. The first-order valence-corrected chi connectivity index (χ1v) is 12.9. The molecule has 2 heterocycles. The van der Waals surface area contributed by atoms with Gasteiger partial charge in [-0.3, -0.25) is 9.59 Å². The number of pyridine rings is 1. The van der Waals surface area contributed by atoms with Crippen LogP contribution in [0, 0.1) is 17.7 Å². The van der Waals surface area contributed by atoms with E-state index in [1.807, 2.05) is 7.05 Å². The van der Waals surface area contributed by atoms with Crippen molar-refractivity contribution in [2.24, 2.45) is 11.8 Å². The van der Waals surface area contributed by atoms with Crippen molar-refractivity contribution in [1.82, 2.24) is 14.8 Å². The van der Waals surface area contributed by atoms with Crippen molar-refractivity contribution >= 4 is 11.6 Å². The lowest BCUT2D eigenvalue weighted by Crippen LogP contribution is -2.60. The fourth-order valence-corrected chi connectivity index (χ4v) is 6.25. The molecule has 1 aromatic heterocycles. The zero-order valence-electron chi connectivity index (χ0n) is 21.2. The number of halogens is 5. The summed E-state index contributed by atoms with van der Waals surface area (Å²) in [7, 11) is 2.03. The van der Waals surface area contributed by atoms with Crippen LogP contribution in [0.2, 0.25) is 0 Å². The molecule has 1 saturated heterocycles. The lowest BCUT2D eigenvalue weighted by Gasteiger charge is -2.53. The van der Waals surface area contributed by atoms with E-state index in [1.165, 1.54) is 31.3 Å². The molecule has 3 fully saturated rings. The topological polar surface area (TPSA) is 66.4 Å². The van der Waals surface area contributed by atoms with E-state index >= 15 is 0 Å². The molecule has 1 aromatic carbocycles. The third-order valence-corrected chi connectivity index (χ3v) is 8.55. The van der Waals surface area contributed by atoms with E-state index in [0.29, 0.717) is 18.3 Å². The van der Waals surface area contributed by atoms with Crippen molar-refractivity contribution in [3.63, 3.8) is 0 Å². The van der Waals surface area contributed by atoms with Crippen LogP contribution in [0.5, 0.6) is 0 Å². The average Bonchev–Trinajstić information content (AvgIpc) is 2.82. The highest BCUT2D eigenvalue weighted by Crippen LogP contribution is 2.44. The summed E-state index contributed by atoms with van der Waals surface area (Å²) in [5.41, 5.74) is -3.00. The Kier molecular flexibility index (Phi) is 7.00. The Labute approximate surface area is 217 Å². The van der Waals surface area contributed by atoms with Gasteiger partial charge in [0.25, 0.3) is 24.3 Å². The van der Waals surface area contributed by atoms with Crippen LogP contribution in [0.15, 0.2) is 35.3 Å². The molecule has 5 rings (SSSR count).